The second-order valence-electron chi connectivity index (χ2n) is 5.34. The highest BCUT2D eigenvalue weighted by atomic mass is 35.5. The lowest BCUT2D eigenvalue weighted by molar-refractivity contribution is -0.116. The summed E-state index contributed by atoms with van der Waals surface area (Å²) in [5, 5.41) is 6.36. The van der Waals surface area contributed by atoms with Crippen LogP contribution in [-0.2, 0) is 4.79 Å². The average molecular weight is 310 g/mol. The SMILES string of the molecule is NC(=O)c1ccc(NC(=O)CCC2CCNCC2)cc1Cl. The van der Waals surface area contributed by atoms with Crippen molar-refractivity contribution >= 4 is 29.1 Å². The number of hydrogen-bond donors (Lipinski definition) is 3. The Bertz CT molecular complexity index is 528. The molecule has 1 aliphatic heterocycles. The third-order valence-electron chi connectivity index (χ3n) is 3.76. The number of carbonyl (C=O) groups is 2. The van der Waals surface area contributed by atoms with Crippen LogP contribution in [0, 0.1) is 5.92 Å². The molecule has 1 fully saturated rings. The standard InChI is InChI=1S/C15H20ClN3O2/c16-13-9-11(2-3-12(13)15(17)21)19-14(20)4-1-10-5-7-18-8-6-10/h2-3,9-10,18H,1,4-8H2,(H2,17,21)(H,19,20). The molecule has 2 rings (SSSR count). The van der Waals surface area contributed by atoms with E-state index in [1.807, 2.05) is 0 Å². The molecule has 0 saturated carbocycles. The summed E-state index contributed by atoms with van der Waals surface area (Å²) < 4.78 is 0. The fourth-order valence-corrected chi connectivity index (χ4v) is 2.80. The molecule has 114 valence electrons. The van der Waals surface area contributed by atoms with Crippen LogP contribution in [0.2, 0.25) is 5.02 Å². The number of nitrogens with one attached hydrogen (secondary N) is 2. The van der Waals surface area contributed by atoms with E-state index in [0.29, 0.717) is 18.0 Å². The maximum atomic E-state index is 11.9. The van der Waals surface area contributed by atoms with Crippen LogP contribution in [0.25, 0.3) is 0 Å². The van der Waals surface area contributed by atoms with Crippen molar-refractivity contribution in [1.82, 2.24) is 5.32 Å². The van der Waals surface area contributed by atoms with E-state index in [9.17, 15) is 9.59 Å². The van der Waals surface area contributed by atoms with Crippen molar-refractivity contribution in [3.05, 3.63) is 28.8 Å². The van der Waals surface area contributed by atoms with Crippen molar-refractivity contribution in [2.45, 2.75) is 25.7 Å². The van der Waals surface area contributed by atoms with Crippen molar-refractivity contribution in [2.75, 3.05) is 18.4 Å². The highest BCUT2D eigenvalue weighted by molar-refractivity contribution is 6.34. The normalized spacial score (nSPS) is 15.7. The predicted molar refractivity (Wildman–Crippen MR) is 83.4 cm³/mol. The molecule has 0 radical (unpaired) electrons. The lowest BCUT2D eigenvalue weighted by Crippen LogP contribution is -2.28. The summed E-state index contributed by atoms with van der Waals surface area (Å²) in [4.78, 5) is 23.0. The van der Waals surface area contributed by atoms with Gasteiger partial charge in [-0.3, -0.25) is 9.59 Å². The number of nitrogens with two attached hydrogens (primary N) is 1. The van der Waals surface area contributed by atoms with E-state index in [-0.39, 0.29) is 16.5 Å². The number of halogens is 1. The second kappa shape index (κ2) is 7.43. The first kappa shape index (κ1) is 15.8. The number of hydrogen-bond acceptors (Lipinski definition) is 3. The van der Waals surface area contributed by atoms with Gasteiger partial charge in [0.2, 0.25) is 11.8 Å². The lowest BCUT2D eigenvalue weighted by Gasteiger charge is -2.22. The van der Waals surface area contributed by atoms with Crippen LogP contribution in [0.15, 0.2) is 18.2 Å². The smallest absolute Gasteiger partial charge is 0.250 e. The van der Waals surface area contributed by atoms with E-state index in [2.05, 4.69) is 10.6 Å². The van der Waals surface area contributed by atoms with E-state index >= 15 is 0 Å². The van der Waals surface area contributed by atoms with Gasteiger partial charge in [0.15, 0.2) is 0 Å². The Hall–Kier alpha value is -1.59. The van der Waals surface area contributed by atoms with Crippen molar-refractivity contribution < 1.29 is 9.59 Å². The summed E-state index contributed by atoms with van der Waals surface area (Å²) >= 11 is 5.95. The minimum absolute atomic E-state index is 0.0311. The van der Waals surface area contributed by atoms with Gasteiger partial charge in [0.1, 0.15) is 0 Å². The Kier molecular flexibility index (Phi) is 5.59. The summed E-state index contributed by atoms with van der Waals surface area (Å²) in [5.41, 5.74) is 6.02. The summed E-state index contributed by atoms with van der Waals surface area (Å²) in [6.07, 6.45) is 3.67. The van der Waals surface area contributed by atoms with Crippen molar-refractivity contribution in [1.29, 1.82) is 0 Å². The Morgan fingerprint density at radius 1 is 1.33 bits per heavy atom. The third kappa shape index (κ3) is 4.72. The fraction of sp³-hybridized carbons (Fsp3) is 0.467. The zero-order valence-corrected chi connectivity index (χ0v) is 12.6. The second-order valence-corrected chi connectivity index (χ2v) is 5.75. The van der Waals surface area contributed by atoms with E-state index in [1.54, 1.807) is 12.1 Å². The van der Waals surface area contributed by atoms with Gasteiger partial charge in [-0.15, -0.1) is 0 Å². The number of carbonyl (C=O) groups excluding carboxylic acids is 2. The van der Waals surface area contributed by atoms with E-state index in [1.165, 1.54) is 6.07 Å². The number of amides is 2. The fourth-order valence-electron chi connectivity index (χ4n) is 2.52. The summed E-state index contributed by atoms with van der Waals surface area (Å²) in [6.45, 7) is 2.08. The van der Waals surface area contributed by atoms with Gasteiger partial charge in [-0.25, -0.2) is 0 Å². The van der Waals surface area contributed by atoms with Crippen molar-refractivity contribution in [2.24, 2.45) is 11.7 Å². The molecule has 0 aliphatic carbocycles. The van der Waals surface area contributed by atoms with Gasteiger partial charge in [-0.2, -0.15) is 0 Å². The molecule has 4 N–H and O–H groups in total. The molecule has 1 aliphatic rings. The zero-order chi connectivity index (χ0) is 15.2. The molecule has 21 heavy (non-hydrogen) atoms. The van der Waals surface area contributed by atoms with Crippen LogP contribution in [0.3, 0.4) is 0 Å². The Balaban J connectivity index is 1.84. The quantitative estimate of drug-likeness (QED) is 0.779. The minimum Gasteiger partial charge on any atom is -0.366 e. The molecule has 5 nitrogen and oxygen atoms in total. The van der Waals surface area contributed by atoms with Crippen LogP contribution in [0.1, 0.15) is 36.0 Å². The largest absolute Gasteiger partial charge is 0.366 e. The maximum absolute atomic E-state index is 11.9. The van der Waals surface area contributed by atoms with Crippen LogP contribution in [-0.4, -0.2) is 24.9 Å². The summed E-state index contributed by atoms with van der Waals surface area (Å²) in [6, 6.07) is 4.70. The molecule has 0 atom stereocenters. The van der Waals surface area contributed by atoms with Crippen molar-refractivity contribution in [3.8, 4) is 0 Å². The highest BCUT2D eigenvalue weighted by Gasteiger charge is 2.15. The molecule has 0 aromatic heterocycles. The molecule has 0 bridgehead atoms. The Morgan fingerprint density at radius 2 is 2.05 bits per heavy atom. The van der Waals surface area contributed by atoms with Gasteiger partial charge in [-0.05, 0) is 56.5 Å². The van der Waals surface area contributed by atoms with Gasteiger partial charge in [-0.1, -0.05) is 11.6 Å². The number of rotatable bonds is 5. The first-order valence-corrected chi connectivity index (χ1v) is 7.54. The number of primary amides is 1. The van der Waals surface area contributed by atoms with Crippen LogP contribution in [0.4, 0.5) is 5.69 Å². The number of anilines is 1. The Morgan fingerprint density at radius 3 is 2.67 bits per heavy atom. The summed E-state index contributed by atoms with van der Waals surface area (Å²) in [5.74, 6) is 0.0121. The van der Waals surface area contributed by atoms with E-state index < -0.39 is 5.91 Å². The first-order valence-electron chi connectivity index (χ1n) is 7.16. The van der Waals surface area contributed by atoms with Crippen LogP contribution in [0.5, 0.6) is 0 Å². The minimum atomic E-state index is -0.580. The molecule has 0 spiro atoms. The number of piperidine rings is 1. The third-order valence-corrected chi connectivity index (χ3v) is 4.07. The summed E-state index contributed by atoms with van der Waals surface area (Å²) in [7, 11) is 0. The highest BCUT2D eigenvalue weighted by Crippen LogP contribution is 2.22. The van der Waals surface area contributed by atoms with Crippen molar-refractivity contribution in [3.63, 3.8) is 0 Å². The van der Waals surface area contributed by atoms with E-state index in [4.69, 9.17) is 17.3 Å². The molecule has 1 saturated heterocycles. The zero-order valence-electron chi connectivity index (χ0n) is 11.8. The molecule has 2 amide bonds. The topological polar surface area (TPSA) is 84.2 Å². The average Bonchev–Trinajstić information content (AvgIpc) is 2.46. The van der Waals surface area contributed by atoms with E-state index in [0.717, 1.165) is 32.4 Å². The van der Waals surface area contributed by atoms with Crippen LogP contribution < -0.4 is 16.4 Å². The molecule has 1 aromatic carbocycles. The lowest BCUT2D eigenvalue weighted by atomic mass is 9.93. The predicted octanol–water partition coefficient (Wildman–Crippen LogP) is 2.16. The van der Waals surface area contributed by atoms with Crippen LogP contribution >= 0.6 is 11.6 Å². The first-order chi connectivity index (χ1) is 10.1. The monoisotopic (exact) mass is 309 g/mol. The van der Waals surface area contributed by atoms with Gasteiger partial charge >= 0.3 is 0 Å². The molecule has 1 aromatic rings. The Labute approximate surface area is 129 Å². The van der Waals surface area contributed by atoms with Gasteiger partial charge in [0.25, 0.3) is 0 Å². The maximum Gasteiger partial charge on any atom is 0.250 e. The molecule has 0 unspecified atom stereocenters. The van der Waals surface area contributed by atoms with Gasteiger partial charge < -0.3 is 16.4 Å². The van der Waals surface area contributed by atoms with Gasteiger partial charge in [0, 0.05) is 12.1 Å². The molecular formula is C15H20ClN3O2. The molecule has 1 heterocycles. The molecule has 6 heteroatoms. The molecular weight excluding hydrogens is 290 g/mol. The van der Waals surface area contributed by atoms with Gasteiger partial charge in [0.05, 0.1) is 10.6 Å². The number of benzene rings is 1.